The van der Waals surface area contributed by atoms with Gasteiger partial charge in [-0.25, -0.2) is 9.19 Å². The van der Waals surface area contributed by atoms with Crippen LogP contribution in [-0.4, -0.2) is 21.2 Å². The van der Waals surface area contributed by atoms with Gasteiger partial charge in [0.15, 0.2) is 0 Å². The summed E-state index contributed by atoms with van der Waals surface area (Å²) in [6.07, 6.45) is 2.85. The van der Waals surface area contributed by atoms with Gasteiger partial charge in [-0.15, -0.1) is 0 Å². The van der Waals surface area contributed by atoms with Gasteiger partial charge in [0.05, 0.1) is 5.69 Å². The van der Waals surface area contributed by atoms with Gasteiger partial charge in [0.25, 0.3) is 0 Å². The molecule has 1 aromatic heterocycles. The number of hydrogen-bond acceptors (Lipinski definition) is 3. The lowest BCUT2D eigenvalue weighted by atomic mass is 10.4. The van der Waals surface area contributed by atoms with E-state index in [4.69, 9.17) is 0 Å². The Balaban J connectivity index is 3.12. The van der Waals surface area contributed by atoms with Crippen LogP contribution >= 0.6 is 0 Å². The molecule has 1 heterocycles. The topological polar surface area (TPSA) is 42.3 Å². The van der Waals surface area contributed by atoms with E-state index in [9.17, 15) is 8.60 Å². The average molecular weight is 202 g/mol. The predicted octanol–water partition coefficient (Wildman–Crippen LogP) is 1.97. The molecule has 1 unspecified atom stereocenters. The summed E-state index contributed by atoms with van der Waals surface area (Å²) in [5.41, 5.74) is 0.377. The molecule has 1 atom stereocenters. The second-order valence-electron chi connectivity index (χ2n) is 2.68. The van der Waals surface area contributed by atoms with Crippen molar-refractivity contribution in [3.05, 3.63) is 24.3 Å². The molecule has 0 fully saturated rings. The highest BCUT2D eigenvalue weighted by Crippen LogP contribution is 2.13. The van der Waals surface area contributed by atoms with Gasteiger partial charge in [-0.1, -0.05) is 6.92 Å². The fraction of sp³-hybridized carbons (Fsp3) is 0.375. The van der Waals surface area contributed by atoms with Gasteiger partial charge in [0.2, 0.25) is 5.95 Å². The first-order valence-electron chi connectivity index (χ1n) is 3.85. The van der Waals surface area contributed by atoms with Gasteiger partial charge < -0.3 is 0 Å². The number of hydrogen-bond donors (Lipinski definition) is 0. The molecule has 0 aliphatic heterocycles. The summed E-state index contributed by atoms with van der Waals surface area (Å²) >= 11 is 0. The summed E-state index contributed by atoms with van der Waals surface area (Å²) in [5.74, 6) is -0.149. The Morgan fingerprint density at radius 1 is 1.69 bits per heavy atom. The van der Waals surface area contributed by atoms with Gasteiger partial charge in [0.1, 0.15) is 0 Å². The van der Waals surface area contributed by atoms with E-state index < -0.39 is 15.7 Å². The maximum atomic E-state index is 12.6. The first-order chi connectivity index (χ1) is 6.03. The molecule has 1 rings (SSSR count). The molecule has 0 amide bonds. The van der Waals surface area contributed by atoms with Crippen molar-refractivity contribution in [1.82, 2.24) is 4.98 Å². The van der Waals surface area contributed by atoms with Crippen molar-refractivity contribution in [2.24, 2.45) is 4.36 Å². The molecule has 0 saturated carbocycles. The van der Waals surface area contributed by atoms with E-state index >= 15 is 0 Å². The maximum absolute atomic E-state index is 12.6. The fourth-order valence-electron chi connectivity index (χ4n) is 0.737. The molecule has 1 aromatic rings. The maximum Gasteiger partial charge on any atom is 0.214 e. The SMILES string of the molecule is CCS(C)(=O)=Nc1ccnc(F)c1. The van der Waals surface area contributed by atoms with E-state index in [1.807, 2.05) is 0 Å². The Kier molecular flexibility index (Phi) is 2.98. The Morgan fingerprint density at radius 3 is 2.92 bits per heavy atom. The largest absolute Gasteiger partial charge is 0.250 e. The van der Waals surface area contributed by atoms with E-state index in [0.29, 0.717) is 11.4 Å². The van der Waals surface area contributed by atoms with Crippen LogP contribution in [0.1, 0.15) is 6.92 Å². The van der Waals surface area contributed by atoms with Crippen LogP contribution in [0.5, 0.6) is 0 Å². The minimum Gasteiger partial charge on any atom is -0.250 e. The number of nitrogens with zero attached hydrogens (tertiary/aromatic N) is 2. The van der Waals surface area contributed by atoms with Crippen LogP contribution in [0, 0.1) is 5.95 Å². The molecule has 0 aromatic carbocycles. The molecule has 0 saturated heterocycles. The molecular formula is C8H11FN2OS. The van der Waals surface area contributed by atoms with Gasteiger partial charge in [-0.3, -0.25) is 0 Å². The fourth-order valence-corrected chi connectivity index (χ4v) is 1.43. The third-order valence-electron chi connectivity index (χ3n) is 1.54. The van der Waals surface area contributed by atoms with E-state index in [1.54, 1.807) is 13.2 Å². The molecule has 0 spiro atoms. The Labute approximate surface area is 77.2 Å². The van der Waals surface area contributed by atoms with Crippen molar-refractivity contribution in [2.75, 3.05) is 12.0 Å². The van der Waals surface area contributed by atoms with Crippen molar-refractivity contribution in [2.45, 2.75) is 6.92 Å². The number of rotatable bonds is 2. The summed E-state index contributed by atoms with van der Waals surface area (Å²) < 4.78 is 28.0. The van der Waals surface area contributed by atoms with Crippen LogP contribution in [0.4, 0.5) is 10.1 Å². The van der Waals surface area contributed by atoms with Crippen molar-refractivity contribution in [1.29, 1.82) is 0 Å². The third kappa shape index (κ3) is 3.10. The standard InChI is InChI=1S/C8H11FN2OS/c1-3-13(2,12)11-7-4-5-10-8(9)6-7/h4-6H,3H2,1-2H3. The first-order valence-corrected chi connectivity index (χ1v) is 5.94. The zero-order chi connectivity index (χ0) is 9.90. The molecule has 0 N–H and O–H groups in total. The van der Waals surface area contributed by atoms with E-state index in [0.717, 1.165) is 0 Å². The Bertz CT molecular complexity index is 410. The Morgan fingerprint density at radius 2 is 2.38 bits per heavy atom. The van der Waals surface area contributed by atoms with Crippen molar-refractivity contribution < 1.29 is 8.60 Å². The minimum atomic E-state index is -2.21. The van der Waals surface area contributed by atoms with Crippen LogP contribution in [0.25, 0.3) is 0 Å². The molecule has 3 nitrogen and oxygen atoms in total. The lowest BCUT2D eigenvalue weighted by Crippen LogP contribution is -1.97. The summed E-state index contributed by atoms with van der Waals surface area (Å²) in [5, 5.41) is 0. The lowest BCUT2D eigenvalue weighted by Gasteiger charge is -1.98. The predicted molar refractivity (Wildman–Crippen MR) is 50.9 cm³/mol. The second-order valence-corrected chi connectivity index (χ2v) is 5.35. The zero-order valence-corrected chi connectivity index (χ0v) is 8.34. The van der Waals surface area contributed by atoms with Gasteiger partial charge in [0, 0.05) is 34.0 Å². The third-order valence-corrected chi connectivity index (χ3v) is 3.21. The van der Waals surface area contributed by atoms with E-state index in [2.05, 4.69) is 9.35 Å². The molecule has 5 heteroatoms. The molecule has 0 aliphatic carbocycles. The number of halogens is 1. The van der Waals surface area contributed by atoms with Crippen LogP contribution in [0.3, 0.4) is 0 Å². The van der Waals surface area contributed by atoms with Crippen molar-refractivity contribution in [3.8, 4) is 0 Å². The summed E-state index contributed by atoms with van der Waals surface area (Å²) in [7, 11) is -2.21. The van der Waals surface area contributed by atoms with Gasteiger partial charge in [-0.05, 0) is 6.07 Å². The first kappa shape index (κ1) is 10.1. The second kappa shape index (κ2) is 3.83. The highest BCUT2D eigenvalue weighted by Gasteiger charge is 1.99. The molecule has 13 heavy (non-hydrogen) atoms. The highest BCUT2D eigenvalue weighted by molar-refractivity contribution is 7.93. The molecule has 72 valence electrons. The monoisotopic (exact) mass is 202 g/mol. The molecule has 0 bridgehead atoms. The summed E-state index contributed by atoms with van der Waals surface area (Å²) in [4.78, 5) is 3.38. The minimum absolute atomic E-state index is 0.377. The van der Waals surface area contributed by atoms with Crippen molar-refractivity contribution in [3.63, 3.8) is 0 Å². The van der Waals surface area contributed by atoms with Gasteiger partial charge >= 0.3 is 0 Å². The van der Waals surface area contributed by atoms with Crippen LogP contribution in [0.15, 0.2) is 22.7 Å². The molecular weight excluding hydrogens is 191 g/mol. The highest BCUT2D eigenvalue weighted by atomic mass is 32.2. The smallest absolute Gasteiger partial charge is 0.214 e. The Hall–Kier alpha value is -0.970. The number of aromatic nitrogens is 1. The quantitative estimate of drug-likeness (QED) is 0.688. The van der Waals surface area contributed by atoms with Crippen LogP contribution in [0.2, 0.25) is 0 Å². The van der Waals surface area contributed by atoms with Crippen molar-refractivity contribution >= 4 is 15.4 Å². The van der Waals surface area contributed by atoms with Gasteiger partial charge in [-0.2, -0.15) is 8.75 Å². The van der Waals surface area contributed by atoms with E-state index in [1.165, 1.54) is 18.3 Å². The zero-order valence-electron chi connectivity index (χ0n) is 7.53. The van der Waals surface area contributed by atoms with Crippen LogP contribution in [-0.2, 0) is 9.73 Å². The average Bonchev–Trinajstić information content (AvgIpc) is 2.03. The lowest BCUT2D eigenvalue weighted by molar-refractivity contribution is 0.584. The normalized spacial score (nSPS) is 15.0. The summed E-state index contributed by atoms with van der Waals surface area (Å²) in [6, 6.07) is 2.70. The summed E-state index contributed by atoms with van der Waals surface area (Å²) in [6.45, 7) is 1.78. The molecule has 0 radical (unpaired) electrons. The van der Waals surface area contributed by atoms with E-state index in [-0.39, 0.29) is 0 Å². The number of pyridine rings is 1. The molecule has 0 aliphatic rings. The van der Waals surface area contributed by atoms with Crippen LogP contribution < -0.4 is 0 Å².